The number of aliphatic hydroxyl groups is 2. The highest BCUT2D eigenvalue weighted by Crippen LogP contribution is 2.68. The summed E-state index contributed by atoms with van der Waals surface area (Å²) < 4.78 is 35.2. The molecular weight excluding hydrogens is 578 g/mol. The van der Waals surface area contributed by atoms with Crippen LogP contribution in [0.15, 0.2) is 0 Å². The predicted octanol–water partition coefficient (Wildman–Crippen LogP) is 4.53. The van der Waals surface area contributed by atoms with E-state index >= 15 is 0 Å². The van der Waals surface area contributed by atoms with Gasteiger partial charge in [0.2, 0.25) is 0 Å². The van der Waals surface area contributed by atoms with Crippen molar-refractivity contribution in [1.29, 1.82) is 0 Å². The van der Waals surface area contributed by atoms with Crippen LogP contribution in [0.5, 0.6) is 0 Å². The number of hydrogen-bond acceptors (Lipinski definition) is 8. The Balaban J connectivity index is 1.28. The summed E-state index contributed by atoms with van der Waals surface area (Å²) in [7, 11) is -4.50. The molecule has 4 fully saturated rings. The Labute approximate surface area is 268 Å². The Morgan fingerprint density at radius 1 is 0.932 bits per heavy atom. The van der Waals surface area contributed by atoms with Crippen LogP contribution in [0.25, 0.3) is 0 Å². The van der Waals surface area contributed by atoms with E-state index < -0.39 is 16.5 Å². The lowest BCUT2D eigenvalue weighted by molar-refractivity contribution is -0.167. The second-order valence-corrected chi connectivity index (χ2v) is 17.0. The summed E-state index contributed by atoms with van der Waals surface area (Å²) in [6.45, 7) is 12.9. The number of rotatable bonds is 17. The molecule has 4 saturated carbocycles. The van der Waals surface area contributed by atoms with Gasteiger partial charge in [0, 0.05) is 12.0 Å². The second kappa shape index (κ2) is 15.7. The van der Waals surface area contributed by atoms with Gasteiger partial charge in [-0.1, -0.05) is 27.7 Å². The zero-order valence-electron chi connectivity index (χ0n) is 28.1. The fourth-order valence-electron chi connectivity index (χ4n) is 10.6. The Kier molecular flexibility index (Phi) is 13.0. The standard InChI is InChI=1S/C34H65N3O6S/c1-23(8-11-30(38)24(2)22-43-44(40,41)42)27-9-10-28-32-29(13-15-34(27,28)4)33(3)14-12-26(20-25(33)21-31(32)39)37-19-7-18-36-17-6-5-16-35/h23-32,36-39H,5-22,35H2,1-4H3,(H,40,41,42)/t23-,24?,25-,26+,27?,28?,29?,30?,31-,32?,33+,34-/m1/s1. The van der Waals surface area contributed by atoms with Crippen molar-refractivity contribution in [2.24, 2.45) is 58.0 Å². The molecule has 0 aliphatic heterocycles. The molecule has 7 N–H and O–H groups in total. The zero-order valence-corrected chi connectivity index (χ0v) is 28.9. The van der Waals surface area contributed by atoms with Crippen molar-refractivity contribution < 1.29 is 27.4 Å². The van der Waals surface area contributed by atoms with E-state index in [1.165, 1.54) is 44.9 Å². The van der Waals surface area contributed by atoms with Crippen LogP contribution in [0.1, 0.15) is 111 Å². The lowest BCUT2D eigenvalue weighted by atomic mass is 9.43. The van der Waals surface area contributed by atoms with Gasteiger partial charge >= 0.3 is 10.4 Å². The number of nitrogens with two attached hydrogens (primary N) is 1. The Hall–Kier alpha value is -0.330. The van der Waals surface area contributed by atoms with Gasteiger partial charge in [0.1, 0.15) is 0 Å². The maximum absolute atomic E-state index is 11.8. The summed E-state index contributed by atoms with van der Waals surface area (Å²) in [5.74, 6) is 2.78. The van der Waals surface area contributed by atoms with Gasteiger partial charge in [-0.2, -0.15) is 8.42 Å². The highest BCUT2D eigenvalue weighted by Gasteiger charge is 2.62. The topological polar surface area (TPSA) is 154 Å². The average molecular weight is 644 g/mol. The van der Waals surface area contributed by atoms with E-state index in [1.807, 2.05) is 0 Å². The van der Waals surface area contributed by atoms with Gasteiger partial charge < -0.3 is 26.6 Å². The minimum atomic E-state index is -4.50. The van der Waals surface area contributed by atoms with Crippen LogP contribution in [0.4, 0.5) is 0 Å². The molecule has 4 aliphatic carbocycles. The molecule has 0 radical (unpaired) electrons. The minimum Gasteiger partial charge on any atom is -0.393 e. The van der Waals surface area contributed by atoms with Gasteiger partial charge in [0.05, 0.1) is 18.8 Å². The average Bonchev–Trinajstić information content (AvgIpc) is 3.33. The monoisotopic (exact) mass is 643 g/mol. The molecule has 0 heterocycles. The van der Waals surface area contributed by atoms with E-state index in [0.29, 0.717) is 53.4 Å². The maximum Gasteiger partial charge on any atom is 0.397 e. The molecule has 44 heavy (non-hydrogen) atoms. The molecule has 10 heteroatoms. The number of nitrogens with one attached hydrogen (secondary N) is 2. The maximum atomic E-state index is 11.8. The summed E-state index contributed by atoms with van der Waals surface area (Å²) in [5, 5.41) is 29.8. The van der Waals surface area contributed by atoms with Crippen molar-refractivity contribution in [3.8, 4) is 0 Å². The number of fused-ring (bicyclic) bond motifs is 5. The fourth-order valence-corrected chi connectivity index (χ4v) is 11.0. The van der Waals surface area contributed by atoms with Crippen LogP contribution < -0.4 is 16.4 Å². The fraction of sp³-hybridized carbons (Fsp3) is 1.00. The lowest BCUT2D eigenvalue weighted by Gasteiger charge is -2.62. The van der Waals surface area contributed by atoms with E-state index in [0.717, 1.165) is 58.3 Å². The van der Waals surface area contributed by atoms with Crippen molar-refractivity contribution in [3.05, 3.63) is 0 Å². The quantitative estimate of drug-likeness (QED) is 0.0991. The first-order chi connectivity index (χ1) is 20.8. The highest BCUT2D eigenvalue weighted by atomic mass is 32.3. The molecule has 0 aromatic rings. The summed E-state index contributed by atoms with van der Waals surface area (Å²) in [4.78, 5) is 0. The van der Waals surface area contributed by atoms with E-state index in [2.05, 4.69) is 35.6 Å². The minimum absolute atomic E-state index is 0.210. The largest absolute Gasteiger partial charge is 0.397 e. The molecule has 0 bridgehead atoms. The molecule has 4 rings (SSSR count). The number of hydrogen-bond donors (Lipinski definition) is 6. The predicted molar refractivity (Wildman–Crippen MR) is 175 cm³/mol. The van der Waals surface area contributed by atoms with E-state index in [4.69, 9.17) is 10.3 Å². The molecule has 0 spiro atoms. The van der Waals surface area contributed by atoms with E-state index in [9.17, 15) is 18.6 Å². The lowest BCUT2D eigenvalue weighted by Crippen LogP contribution is -2.59. The summed E-state index contributed by atoms with van der Waals surface area (Å²) in [5.41, 5.74) is 6.12. The summed E-state index contributed by atoms with van der Waals surface area (Å²) in [6.07, 6.45) is 13.4. The Bertz CT molecular complexity index is 1000. The van der Waals surface area contributed by atoms with Gasteiger partial charge in [0.15, 0.2) is 0 Å². The van der Waals surface area contributed by atoms with Crippen molar-refractivity contribution >= 4 is 10.4 Å². The summed E-state index contributed by atoms with van der Waals surface area (Å²) in [6, 6.07) is 0.567. The van der Waals surface area contributed by atoms with Crippen LogP contribution in [-0.4, -0.2) is 74.2 Å². The highest BCUT2D eigenvalue weighted by molar-refractivity contribution is 7.80. The van der Waals surface area contributed by atoms with Gasteiger partial charge in [-0.05, 0) is 156 Å². The molecule has 0 aromatic heterocycles. The Morgan fingerprint density at radius 3 is 2.36 bits per heavy atom. The third kappa shape index (κ3) is 8.57. The van der Waals surface area contributed by atoms with Gasteiger partial charge in [0.25, 0.3) is 0 Å². The second-order valence-electron chi connectivity index (χ2n) is 15.9. The molecule has 258 valence electrons. The van der Waals surface area contributed by atoms with Crippen LogP contribution in [0, 0.1) is 52.3 Å². The number of aliphatic hydroxyl groups excluding tert-OH is 2. The van der Waals surface area contributed by atoms with Gasteiger partial charge in [-0.25, -0.2) is 4.18 Å². The molecule has 4 aliphatic rings. The third-order valence-corrected chi connectivity index (χ3v) is 13.7. The van der Waals surface area contributed by atoms with Crippen LogP contribution in [0.3, 0.4) is 0 Å². The molecule has 0 amide bonds. The molecule has 6 unspecified atom stereocenters. The van der Waals surface area contributed by atoms with E-state index in [-0.39, 0.29) is 24.0 Å². The first kappa shape index (κ1) is 36.5. The Morgan fingerprint density at radius 2 is 1.64 bits per heavy atom. The first-order valence-electron chi connectivity index (χ1n) is 17.9. The normalized spacial score (nSPS) is 39.2. The zero-order chi connectivity index (χ0) is 32.1. The van der Waals surface area contributed by atoms with Crippen LogP contribution in [-0.2, 0) is 14.6 Å². The molecule has 0 aromatic carbocycles. The molecule has 9 nitrogen and oxygen atoms in total. The van der Waals surface area contributed by atoms with E-state index in [1.54, 1.807) is 6.92 Å². The van der Waals surface area contributed by atoms with Crippen molar-refractivity contribution in [2.45, 2.75) is 129 Å². The van der Waals surface area contributed by atoms with Crippen molar-refractivity contribution in [3.63, 3.8) is 0 Å². The van der Waals surface area contributed by atoms with Crippen LogP contribution >= 0.6 is 0 Å². The third-order valence-electron chi connectivity index (χ3n) is 13.3. The van der Waals surface area contributed by atoms with Crippen molar-refractivity contribution in [1.82, 2.24) is 10.6 Å². The van der Waals surface area contributed by atoms with Gasteiger partial charge in [-0.3, -0.25) is 4.55 Å². The number of unbranched alkanes of at least 4 members (excludes halogenated alkanes) is 1. The smallest absolute Gasteiger partial charge is 0.393 e. The molecular formula is C34H65N3O6S. The summed E-state index contributed by atoms with van der Waals surface area (Å²) >= 11 is 0. The SMILES string of the molecule is CC(COS(=O)(=O)O)C(O)CC[C@@H](C)C1CCC2C3C(CC[C@@]21C)[C@@]1(C)CC[C@H](NCCCNCCCCN)C[C@@H]1C[C@H]3O. The first-order valence-corrected chi connectivity index (χ1v) is 19.3. The molecule has 12 atom stereocenters. The van der Waals surface area contributed by atoms with Crippen LogP contribution in [0.2, 0.25) is 0 Å². The molecule has 0 saturated heterocycles. The van der Waals surface area contributed by atoms with Gasteiger partial charge in [-0.15, -0.1) is 0 Å². The van der Waals surface area contributed by atoms with Crippen molar-refractivity contribution in [2.75, 3.05) is 32.8 Å².